The van der Waals surface area contributed by atoms with Gasteiger partial charge in [0.05, 0.1) is 6.04 Å². The molecule has 0 aromatic heterocycles. The second kappa shape index (κ2) is 5.50. The fraction of sp³-hybridized carbons (Fsp3) is 0.188. The van der Waals surface area contributed by atoms with Gasteiger partial charge in [-0.3, -0.25) is 4.99 Å². The summed E-state index contributed by atoms with van der Waals surface area (Å²) in [4.78, 5) is 4.52. The molecule has 0 heterocycles. The first kappa shape index (κ1) is 12.4. The highest BCUT2D eigenvalue weighted by Crippen LogP contribution is 2.17. The van der Waals surface area contributed by atoms with Crippen LogP contribution in [0.3, 0.4) is 0 Å². The Labute approximate surface area is 108 Å². The van der Waals surface area contributed by atoms with Gasteiger partial charge in [-0.1, -0.05) is 29.8 Å². The summed E-state index contributed by atoms with van der Waals surface area (Å²) in [5.74, 6) is 0.277. The quantitative estimate of drug-likeness (QED) is 0.810. The summed E-state index contributed by atoms with van der Waals surface area (Å²) < 4.78 is 0. The number of aromatic hydroxyl groups is 1. The molecule has 0 aliphatic heterocycles. The van der Waals surface area contributed by atoms with Crippen molar-refractivity contribution in [1.82, 2.24) is 0 Å². The van der Waals surface area contributed by atoms with Crippen molar-refractivity contribution in [3.05, 3.63) is 65.2 Å². The van der Waals surface area contributed by atoms with Crippen LogP contribution in [0.25, 0.3) is 0 Å². The zero-order chi connectivity index (χ0) is 13.0. The molecular formula is C16H17NO. The molecule has 0 aliphatic carbocycles. The zero-order valence-corrected chi connectivity index (χ0v) is 10.7. The predicted octanol–water partition coefficient (Wildman–Crippen LogP) is 3.88. The fourth-order valence-electron chi connectivity index (χ4n) is 1.69. The molecule has 2 heteroatoms. The van der Waals surface area contributed by atoms with Gasteiger partial charge in [0, 0.05) is 6.21 Å². The van der Waals surface area contributed by atoms with Crippen molar-refractivity contribution < 1.29 is 5.11 Å². The second-order valence-electron chi connectivity index (χ2n) is 4.46. The highest BCUT2D eigenvalue weighted by Gasteiger charge is 2.01. The third-order valence-electron chi connectivity index (χ3n) is 2.90. The van der Waals surface area contributed by atoms with E-state index in [1.165, 1.54) is 11.1 Å². The van der Waals surface area contributed by atoms with Crippen molar-refractivity contribution >= 4 is 6.21 Å². The van der Waals surface area contributed by atoms with E-state index in [0.717, 1.165) is 5.56 Å². The number of aliphatic imine (C=N–C) groups is 1. The van der Waals surface area contributed by atoms with E-state index in [-0.39, 0.29) is 11.8 Å². The largest absolute Gasteiger partial charge is 0.508 e. The van der Waals surface area contributed by atoms with Gasteiger partial charge in [-0.15, -0.1) is 0 Å². The van der Waals surface area contributed by atoms with Crippen LogP contribution in [0, 0.1) is 6.92 Å². The van der Waals surface area contributed by atoms with Crippen molar-refractivity contribution in [2.45, 2.75) is 19.9 Å². The number of hydrogen-bond acceptors (Lipinski definition) is 2. The first-order valence-corrected chi connectivity index (χ1v) is 6.04. The third-order valence-corrected chi connectivity index (χ3v) is 2.90. The van der Waals surface area contributed by atoms with Crippen LogP contribution in [0.1, 0.15) is 29.7 Å². The van der Waals surface area contributed by atoms with Gasteiger partial charge in [0.15, 0.2) is 0 Å². The van der Waals surface area contributed by atoms with E-state index >= 15 is 0 Å². The minimum Gasteiger partial charge on any atom is -0.508 e. The van der Waals surface area contributed by atoms with Crippen LogP contribution in [0.2, 0.25) is 0 Å². The van der Waals surface area contributed by atoms with Crippen LogP contribution in [0.4, 0.5) is 0 Å². The average molecular weight is 239 g/mol. The van der Waals surface area contributed by atoms with Crippen molar-refractivity contribution in [3.63, 3.8) is 0 Å². The summed E-state index contributed by atoms with van der Waals surface area (Å²) in [6.45, 7) is 4.15. The number of hydrogen-bond donors (Lipinski definition) is 1. The molecule has 1 atom stereocenters. The maximum atomic E-state index is 9.19. The molecule has 18 heavy (non-hydrogen) atoms. The Morgan fingerprint density at radius 3 is 2.22 bits per heavy atom. The van der Waals surface area contributed by atoms with E-state index in [1.54, 1.807) is 12.1 Å². The van der Waals surface area contributed by atoms with Gasteiger partial charge in [-0.2, -0.15) is 0 Å². The Balaban J connectivity index is 2.08. The van der Waals surface area contributed by atoms with E-state index in [4.69, 9.17) is 0 Å². The Morgan fingerprint density at radius 1 is 1.00 bits per heavy atom. The lowest BCUT2D eigenvalue weighted by molar-refractivity contribution is 0.475. The minimum absolute atomic E-state index is 0.138. The van der Waals surface area contributed by atoms with Gasteiger partial charge in [0.2, 0.25) is 0 Å². The lowest BCUT2D eigenvalue weighted by Crippen LogP contribution is -1.91. The molecule has 1 N–H and O–H groups in total. The maximum Gasteiger partial charge on any atom is 0.115 e. The standard InChI is InChI=1S/C16H17NO/c1-12-3-7-15(8-4-12)13(2)17-11-14-5-9-16(18)10-6-14/h3-11,13,18H,1-2H3/t13-/m1/s1. The topological polar surface area (TPSA) is 32.6 Å². The summed E-state index contributed by atoms with van der Waals surface area (Å²) in [6, 6.07) is 15.6. The number of phenolic OH excluding ortho intramolecular Hbond substituents is 1. The van der Waals surface area contributed by atoms with Crippen LogP contribution < -0.4 is 0 Å². The number of nitrogens with zero attached hydrogens (tertiary/aromatic N) is 1. The van der Waals surface area contributed by atoms with Gasteiger partial charge in [0.25, 0.3) is 0 Å². The molecule has 2 aromatic carbocycles. The molecule has 0 aliphatic rings. The van der Waals surface area contributed by atoms with Gasteiger partial charge >= 0.3 is 0 Å². The molecule has 0 amide bonds. The van der Waals surface area contributed by atoms with Crippen LogP contribution in [-0.4, -0.2) is 11.3 Å². The molecule has 0 spiro atoms. The normalized spacial score (nSPS) is 12.8. The van der Waals surface area contributed by atoms with Crippen LogP contribution >= 0.6 is 0 Å². The molecule has 0 saturated heterocycles. The van der Waals surface area contributed by atoms with E-state index in [0.29, 0.717) is 0 Å². The molecule has 2 nitrogen and oxygen atoms in total. The number of benzene rings is 2. The monoisotopic (exact) mass is 239 g/mol. The van der Waals surface area contributed by atoms with E-state index in [2.05, 4.69) is 43.1 Å². The Morgan fingerprint density at radius 2 is 1.61 bits per heavy atom. The van der Waals surface area contributed by atoms with Gasteiger partial charge in [-0.05, 0) is 49.2 Å². The van der Waals surface area contributed by atoms with Gasteiger partial charge in [0.1, 0.15) is 5.75 Å². The zero-order valence-electron chi connectivity index (χ0n) is 10.7. The Hall–Kier alpha value is -2.09. The van der Waals surface area contributed by atoms with Gasteiger partial charge in [-0.25, -0.2) is 0 Å². The summed E-state index contributed by atoms with van der Waals surface area (Å²) in [5.41, 5.74) is 3.45. The summed E-state index contributed by atoms with van der Waals surface area (Å²) in [6.07, 6.45) is 1.84. The highest BCUT2D eigenvalue weighted by molar-refractivity contribution is 5.79. The predicted molar refractivity (Wildman–Crippen MR) is 75.3 cm³/mol. The molecule has 2 aromatic rings. The molecule has 0 radical (unpaired) electrons. The van der Waals surface area contributed by atoms with Gasteiger partial charge < -0.3 is 5.11 Å². The summed E-state index contributed by atoms with van der Waals surface area (Å²) >= 11 is 0. The van der Waals surface area contributed by atoms with Crippen molar-refractivity contribution in [2.24, 2.45) is 4.99 Å². The fourth-order valence-corrected chi connectivity index (χ4v) is 1.69. The Kier molecular flexibility index (Phi) is 3.78. The van der Waals surface area contributed by atoms with Crippen molar-refractivity contribution in [1.29, 1.82) is 0 Å². The first-order valence-electron chi connectivity index (χ1n) is 6.04. The van der Waals surface area contributed by atoms with Crippen LogP contribution in [-0.2, 0) is 0 Å². The smallest absolute Gasteiger partial charge is 0.115 e. The number of aryl methyl sites for hydroxylation is 1. The number of phenols is 1. The summed E-state index contributed by atoms with van der Waals surface area (Å²) in [5, 5.41) is 9.19. The van der Waals surface area contributed by atoms with Crippen molar-refractivity contribution in [2.75, 3.05) is 0 Å². The molecule has 92 valence electrons. The third kappa shape index (κ3) is 3.20. The van der Waals surface area contributed by atoms with Crippen LogP contribution in [0.5, 0.6) is 5.75 Å². The molecule has 0 bridgehead atoms. The minimum atomic E-state index is 0.138. The maximum absolute atomic E-state index is 9.19. The van der Waals surface area contributed by atoms with Crippen LogP contribution in [0.15, 0.2) is 53.5 Å². The molecular weight excluding hydrogens is 222 g/mol. The summed E-state index contributed by atoms with van der Waals surface area (Å²) in [7, 11) is 0. The second-order valence-corrected chi connectivity index (χ2v) is 4.46. The molecule has 0 saturated carbocycles. The molecule has 0 fully saturated rings. The average Bonchev–Trinajstić information content (AvgIpc) is 2.38. The van der Waals surface area contributed by atoms with E-state index < -0.39 is 0 Å². The SMILES string of the molecule is Cc1ccc([C@@H](C)N=Cc2ccc(O)cc2)cc1. The van der Waals surface area contributed by atoms with E-state index in [9.17, 15) is 5.11 Å². The Bertz CT molecular complexity index is 526. The van der Waals surface area contributed by atoms with E-state index in [1.807, 2.05) is 18.3 Å². The lowest BCUT2D eigenvalue weighted by Gasteiger charge is -2.06. The van der Waals surface area contributed by atoms with Crippen molar-refractivity contribution in [3.8, 4) is 5.75 Å². The number of rotatable bonds is 3. The molecule has 0 unspecified atom stereocenters. The molecule has 2 rings (SSSR count). The lowest BCUT2D eigenvalue weighted by atomic mass is 10.1. The first-order chi connectivity index (χ1) is 8.65. The highest BCUT2D eigenvalue weighted by atomic mass is 16.3.